The van der Waals surface area contributed by atoms with Crippen molar-refractivity contribution in [3.8, 4) is 11.5 Å². The van der Waals surface area contributed by atoms with E-state index in [9.17, 15) is 10.0 Å². The molecule has 6 nitrogen and oxygen atoms in total. The van der Waals surface area contributed by atoms with Crippen LogP contribution < -0.4 is 9.47 Å². The molecule has 2 aromatic carbocycles. The molecule has 5 rings (SSSR count). The molecule has 0 N–H and O–H groups in total. The molecule has 2 fully saturated rings. The topological polar surface area (TPSA) is 59.7 Å². The van der Waals surface area contributed by atoms with E-state index in [2.05, 4.69) is 23.1 Å². The van der Waals surface area contributed by atoms with E-state index in [-0.39, 0.29) is 11.6 Å². The molecule has 3 aromatic rings. The lowest BCUT2D eigenvalue weighted by atomic mass is 9.71. The molecule has 0 atom stereocenters. The maximum atomic E-state index is 12.8. The quantitative estimate of drug-likeness (QED) is 0.414. The second kappa shape index (κ2) is 9.85. The average molecular weight is 458 g/mol. The van der Waals surface area contributed by atoms with Gasteiger partial charge in [-0.15, -0.1) is 0 Å². The molecule has 0 radical (unpaired) electrons. The van der Waals surface area contributed by atoms with Gasteiger partial charge >= 0.3 is 5.91 Å². The van der Waals surface area contributed by atoms with Crippen LogP contribution in [0.4, 0.5) is 0 Å². The monoisotopic (exact) mass is 457 g/mol. The lowest BCUT2D eigenvalue weighted by Gasteiger charge is -2.46. The number of carbonyl (C=O) groups excluding carboxylic acids is 1. The minimum atomic E-state index is -0.152. The van der Waals surface area contributed by atoms with Crippen LogP contribution in [0.15, 0.2) is 79.0 Å². The zero-order chi connectivity index (χ0) is 23.4. The highest BCUT2D eigenvalue weighted by molar-refractivity contribution is 5.91. The molecule has 0 unspecified atom stereocenters. The number of hydrogen-bond donors (Lipinski definition) is 0. The molecule has 6 heteroatoms. The Morgan fingerprint density at radius 1 is 0.853 bits per heavy atom. The molecule has 2 aliphatic rings. The highest BCUT2D eigenvalue weighted by atomic mass is 16.5. The third-order valence-corrected chi connectivity index (χ3v) is 7.35. The predicted molar refractivity (Wildman–Crippen MR) is 130 cm³/mol. The number of amides is 1. The fourth-order valence-electron chi connectivity index (χ4n) is 5.22. The maximum absolute atomic E-state index is 12.8. The standard InChI is InChI=1S/C28H31N3O3/c32-27(26-11-4-5-16-31(26)33)30-19-14-28(15-20-30)12-17-29(18-13-28)22-23-7-6-10-25(21-23)34-24-8-2-1-3-9-24/h1-11,16,21H,12-15,17-20,22H2. The van der Waals surface area contributed by atoms with E-state index in [1.807, 2.05) is 41.3 Å². The van der Waals surface area contributed by atoms with Gasteiger partial charge in [-0.2, -0.15) is 4.73 Å². The highest BCUT2D eigenvalue weighted by Gasteiger charge is 2.39. The van der Waals surface area contributed by atoms with Gasteiger partial charge in [0.2, 0.25) is 0 Å². The molecule has 1 spiro atoms. The van der Waals surface area contributed by atoms with Crippen LogP contribution in [0.2, 0.25) is 0 Å². The Kier molecular flexibility index (Phi) is 6.50. The smallest absolute Gasteiger partial charge is 0.319 e. The van der Waals surface area contributed by atoms with Crippen molar-refractivity contribution < 1.29 is 14.3 Å². The maximum Gasteiger partial charge on any atom is 0.319 e. The molecule has 0 bridgehead atoms. The van der Waals surface area contributed by atoms with Crippen LogP contribution in [0.3, 0.4) is 0 Å². The SMILES string of the molecule is O=C(c1cccc[n+]1[O-])N1CCC2(CCN(Cc3cccc(Oc4ccccc4)c3)CC2)CC1. The number of likely N-dealkylation sites (tertiary alicyclic amines) is 2. The number of nitrogens with zero attached hydrogens (tertiary/aromatic N) is 3. The van der Waals surface area contributed by atoms with Gasteiger partial charge in [0.05, 0.1) is 0 Å². The van der Waals surface area contributed by atoms with E-state index in [4.69, 9.17) is 4.74 Å². The number of pyridine rings is 1. The second-order valence-electron chi connectivity index (χ2n) is 9.54. The van der Waals surface area contributed by atoms with Crippen LogP contribution in [0.5, 0.6) is 11.5 Å². The van der Waals surface area contributed by atoms with E-state index >= 15 is 0 Å². The Bertz CT molecular complexity index is 1120. The lowest BCUT2D eigenvalue weighted by Crippen LogP contribution is -2.50. The summed E-state index contributed by atoms with van der Waals surface area (Å²) in [7, 11) is 0. The van der Waals surface area contributed by atoms with Crippen LogP contribution in [-0.4, -0.2) is 41.9 Å². The molecule has 0 aliphatic carbocycles. The molecule has 0 saturated carbocycles. The third kappa shape index (κ3) is 5.07. The van der Waals surface area contributed by atoms with Crippen LogP contribution in [0, 0.1) is 10.6 Å². The summed E-state index contributed by atoms with van der Waals surface area (Å²) >= 11 is 0. The summed E-state index contributed by atoms with van der Waals surface area (Å²) in [4.78, 5) is 17.1. The van der Waals surface area contributed by atoms with Crippen molar-refractivity contribution in [3.63, 3.8) is 0 Å². The van der Waals surface area contributed by atoms with E-state index in [1.54, 1.807) is 18.2 Å². The normalized spacial score (nSPS) is 18.1. The first-order valence-electron chi connectivity index (χ1n) is 12.1. The molecule has 3 heterocycles. The van der Waals surface area contributed by atoms with Crippen molar-refractivity contribution in [1.29, 1.82) is 0 Å². The Morgan fingerprint density at radius 3 is 2.26 bits per heavy atom. The molecular formula is C28H31N3O3. The van der Waals surface area contributed by atoms with Crippen molar-refractivity contribution in [2.24, 2.45) is 5.41 Å². The van der Waals surface area contributed by atoms with Gasteiger partial charge in [-0.05, 0) is 80.1 Å². The molecular weight excluding hydrogens is 426 g/mol. The first-order valence-corrected chi connectivity index (χ1v) is 12.1. The summed E-state index contributed by atoms with van der Waals surface area (Å²) in [5, 5.41) is 12.0. The number of ether oxygens (including phenoxy) is 1. The van der Waals surface area contributed by atoms with Gasteiger partial charge in [-0.1, -0.05) is 30.3 Å². The van der Waals surface area contributed by atoms with Crippen molar-refractivity contribution in [1.82, 2.24) is 9.80 Å². The number of hydrogen-bond acceptors (Lipinski definition) is 4. The first kappa shape index (κ1) is 22.4. The van der Waals surface area contributed by atoms with Gasteiger partial charge in [-0.3, -0.25) is 9.69 Å². The molecule has 2 aliphatic heterocycles. The van der Waals surface area contributed by atoms with Gasteiger partial charge < -0.3 is 14.8 Å². The van der Waals surface area contributed by atoms with E-state index in [0.717, 1.165) is 69.9 Å². The fraction of sp³-hybridized carbons (Fsp3) is 0.357. The van der Waals surface area contributed by atoms with Gasteiger partial charge in [0.25, 0.3) is 5.69 Å². The first-order chi connectivity index (χ1) is 16.6. The second-order valence-corrected chi connectivity index (χ2v) is 9.54. The van der Waals surface area contributed by atoms with Crippen molar-refractivity contribution in [2.75, 3.05) is 26.2 Å². The number of carbonyl (C=O) groups is 1. The lowest BCUT2D eigenvalue weighted by molar-refractivity contribution is -0.608. The molecule has 1 aromatic heterocycles. The Balaban J connectivity index is 1.13. The van der Waals surface area contributed by atoms with Crippen molar-refractivity contribution in [2.45, 2.75) is 32.2 Å². The van der Waals surface area contributed by atoms with E-state index in [0.29, 0.717) is 10.1 Å². The molecule has 2 saturated heterocycles. The summed E-state index contributed by atoms with van der Waals surface area (Å²) in [6, 6.07) is 23.2. The summed E-state index contributed by atoms with van der Waals surface area (Å²) in [5.41, 5.74) is 1.79. The zero-order valence-electron chi connectivity index (χ0n) is 19.4. The van der Waals surface area contributed by atoms with Gasteiger partial charge in [-0.25, -0.2) is 0 Å². The number of para-hydroxylation sites is 1. The third-order valence-electron chi connectivity index (χ3n) is 7.35. The Morgan fingerprint density at radius 2 is 1.53 bits per heavy atom. The number of aromatic nitrogens is 1. The average Bonchev–Trinajstić information content (AvgIpc) is 2.87. The Hall–Kier alpha value is -3.38. The molecule has 1 amide bonds. The Labute approximate surface area is 201 Å². The van der Waals surface area contributed by atoms with Crippen molar-refractivity contribution >= 4 is 5.91 Å². The number of benzene rings is 2. The minimum absolute atomic E-state index is 0.152. The van der Waals surface area contributed by atoms with Crippen LogP contribution >= 0.6 is 0 Å². The van der Waals surface area contributed by atoms with Gasteiger partial charge in [0, 0.05) is 31.8 Å². The van der Waals surface area contributed by atoms with Crippen LogP contribution in [0.1, 0.15) is 41.7 Å². The van der Waals surface area contributed by atoms with E-state index in [1.165, 1.54) is 11.8 Å². The van der Waals surface area contributed by atoms with Gasteiger partial charge in [0.15, 0.2) is 6.20 Å². The summed E-state index contributed by atoms with van der Waals surface area (Å²) in [5.74, 6) is 1.56. The van der Waals surface area contributed by atoms with Gasteiger partial charge in [0.1, 0.15) is 11.5 Å². The molecule has 34 heavy (non-hydrogen) atoms. The predicted octanol–water partition coefficient (Wildman–Crippen LogP) is 4.63. The summed E-state index contributed by atoms with van der Waals surface area (Å²) < 4.78 is 6.67. The fourth-order valence-corrected chi connectivity index (χ4v) is 5.22. The number of piperidine rings is 2. The van der Waals surface area contributed by atoms with Crippen LogP contribution in [-0.2, 0) is 6.54 Å². The molecule has 176 valence electrons. The van der Waals surface area contributed by atoms with E-state index < -0.39 is 0 Å². The minimum Gasteiger partial charge on any atom is -0.618 e. The summed E-state index contributed by atoms with van der Waals surface area (Å²) in [6.07, 6.45) is 5.72. The largest absolute Gasteiger partial charge is 0.618 e. The number of rotatable bonds is 5. The zero-order valence-corrected chi connectivity index (χ0v) is 19.4. The summed E-state index contributed by atoms with van der Waals surface area (Å²) in [6.45, 7) is 4.51. The van der Waals surface area contributed by atoms with Crippen LogP contribution in [0.25, 0.3) is 0 Å². The van der Waals surface area contributed by atoms with Crippen molar-refractivity contribution in [3.05, 3.63) is 95.5 Å². The highest BCUT2D eigenvalue weighted by Crippen LogP contribution is 2.41.